The molecule has 142 valence electrons. The second-order valence-corrected chi connectivity index (χ2v) is 6.94. The third-order valence-corrected chi connectivity index (χ3v) is 5.48. The fourth-order valence-electron chi connectivity index (χ4n) is 4.16. The highest BCUT2D eigenvalue weighted by molar-refractivity contribution is 5.67. The van der Waals surface area contributed by atoms with Gasteiger partial charge in [0.2, 0.25) is 0 Å². The number of aromatic amines is 1. The number of nitrogens with zero attached hydrogens (tertiary/aromatic N) is 3. The molecule has 0 bridgehead atoms. The predicted molar refractivity (Wildman–Crippen MR) is 106 cm³/mol. The van der Waals surface area contributed by atoms with Crippen molar-refractivity contribution in [1.29, 1.82) is 0 Å². The summed E-state index contributed by atoms with van der Waals surface area (Å²) in [7, 11) is 5.29. The summed E-state index contributed by atoms with van der Waals surface area (Å²) in [5, 5.41) is 14.3. The van der Waals surface area contributed by atoms with E-state index < -0.39 is 0 Å². The van der Waals surface area contributed by atoms with E-state index in [0.29, 0.717) is 0 Å². The number of hydrogen-bond acceptors (Lipinski definition) is 6. The Hall–Kier alpha value is -3.48. The Bertz CT molecular complexity index is 1070. The molecule has 0 amide bonds. The number of aromatic nitrogens is 1. The Morgan fingerprint density at radius 3 is 2.68 bits per heavy atom. The molecule has 2 aromatic carbocycles. The van der Waals surface area contributed by atoms with Crippen molar-refractivity contribution in [1.82, 2.24) is 9.99 Å². The quantitative estimate of drug-likeness (QED) is 0.703. The van der Waals surface area contributed by atoms with E-state index in [0.717, 1.165) is 39.7 Å². The zero-order valence-corrected chi connectivity index (χ0v) is 15.9. The largest absolute Gasteiger partial charge is 0.497 e. The summed E-state index contributed by atoms with van der Waals surface area (Å²) in [6.45, 7) is 0. The summed E-state index contributed by atoms with van der Waals surface area (Å²) < 4.78 is 11.1. The highest BCUT2D eigenvalue weighted by Crippen LogP contribution is 2.49. The van der Waals surface area contributed by atoms with Gasteiger partial charge in [0.1, 0.15) is 17.5 Å². The van der Waals surface area contributed by atoms with E-state index in [1.165, 1.54) is 5.56 Å². The van der Waals surface area contributed by atoms with Gasteiger partial charge in [-0.05, 0) is 18.2 Å². The Labute approximate surface area is 163 Å². The number of hydrogen-bond donors (Lipinski definition) is 2. The molecule has 7 nitrogen and oxygen atoms in total. The van der Waals surface area contributed by atoms with Crippen LogP contribution < -0.4 is 14.8 Å². The molecule has 5 rings (SSSR count). The van der Waals surface area contributed by atoms with Gasteiger partial charge in [0.05, 0.1) is 20.3 Å². The van der Waals surface area contributed by atoms with Crippen molar-refractivity contribution in [2.75, 3.05) is 26.6 Å². The number of rotatable bonds is 3. The highest BCUT2D eigenvalue weighted by atomic mass is 16.5. The Kier molecular flexibility index (Phi) is 3.75. The molecule has 0 aliphatic carbocycles. The first-order valence-corrected chi connectivity index (χ1v) is 9.14. The van der Waals surface area contributed by atoms with Gasteiger partial charge in [-0.3, -0.25) is 5.01 Å². The topological polar surface area (TPSA) is 74.2 Å². The molecule has 0 fully saturated rings. The molecule has 0 saturated heterocycles. The van der Waals surface area contributed by atoms with Gasteiger partial charge in [-0.25, -0.2) is 0 Å². The molecule has 7 heteroatoms. The van der Waals surface area contributed by atoms with Gasteiger partial charge < -0.3 is 19.8 Å². The molecule has 0 spiro atoms. The molecule has 2 aliphatic heterocycles. The number of benzene rings is 2. The van der Waals surface area contributed by atoms with Crippen molar-refractivity contribution in [3.8, 4) is 11.5 Å². The van der Waals surface area contributed by atoms with Crippen LogP contribution in [0.25, 0.3) is 0 Å². The molecule has 3 heterocycles. The molecular formula is C21H21N5O2. The van der Waals surface area contributed by atoms with Crippen LogP contribution in [0.5, 0.6) is 11.5 Å². The van der Waals surface area contributed by atoms with Gasteiger partial charge in [-0.2, -0.15) is 0 Å². The van der Waals surface area contributed by atoms with Crippen LogP contribution >= 0.6 is 0 Å². The zero-order chi connectivity index (χ0) is 19.3. The van der Waals surface area contributed by atoms with Gasteiger partial charge in [-0.1, -0.05) is 23.4 Å². The number of ether oxygens (including phenoxy) is 2. The van der Waals surface area contributed by atoms with Crippen LogP contribution in [0, 0.1) is 0 Å². The molecule has 1 aromatic heterocycles. The van der Waals surface area contributed by atoms with Crippen LogP contribution in [0.1, 0.15) is 34.3 Å². The first-order chi connectivity index (χ1) is 13.7. The maximum absolute atomic E-state index is 5.70. The van der Waals surface area contributed by atoms with Crippen LogP contribution in [-0.4, -0.2) is 31.3 Å². The predicted octanol–water partition coefficient (Wildman–Crippen LogP) is 4.58. The number of para-hydroxylation sites is 1. The summed E-state index contributed by atoms with van der Waals surface area (Å²) in [5.74, 6) is 2.33. The van der Waals surface area contributed by atoms with E-state index in [9.17, 15) is 0 Å². The molecule has 2 aliphatic rings. The molecule has 3 aromatic rings. The summed E-state index contributed by atoms with van der Waals surface area (Å²) in [6.07, 6.45) is 2.02. The van der Waals surface area contributed by atoms with Crippen molar-refractivity contribution in [3.05, 3.63) is 70.9 Å². The standard InChI is InChI=1S/C21H21N5O2/c1-26-20-13-6-4-5-7-16(13)23-19(15-11-22-21(18(15)20)24-25-26)14-9-8-12(27-2)10-17(14)28-3/h4-11,19-20,22-23H,1-3H3. The van der Waals surface area contributed by atoms with Crippen LogP contribution in [0.4, 0.5) is 11.5 Å². The monoisotopic (exact) mass is 375 g/mol. The molecule has 28 heavy (non-hydrogen) atoms. The molecular weight excluding hydrogens is 354 g/mol. The minimum absolute atomic E-state index is 0.00769. The fourth-order valence-corrected chi connectivity index (χ4v) is 4.16. The molecule has 0 radical (unpaired) electrons. The molecule has 2 unspecified atom stereocenters. The molecule has 0 saturated carbocycles. The first-order valence-electron chi connectivity index (χ1n) is 9.14. The number of nitrogens with one attached hydrogen (secondary N) is 2. The molecule has 2 N–H and O–H groups in total. The van der Waals surface area contributed by atoms with Gasteiger partial charge in [-0.15, -0.1) is 5.11 Å². The van der Waals surface area contributed by atoms with E-state index in [4.69, 9.17) is 9.47 Å². The number of methoxy groups -OCH3 is 2. The lowest BCUT2D eigenvalue weighted by atomic mass is 9.92. The lowest BCUT2D eigenvalue weighted by Gasteiger charge is -2.28. The minimum atomic E-state index is -0.103. The Morgan fingerprint density at radius 2 is 1.86 bits per heavy atom. The maximum Gasteiger partial charge on any atom is 0.160 e. The van der Waals surface area contributed by atoms with Gasteiger partial charge in [0.25, 0.3) is 0 Å². The molecule has 2 atom stereocenters. The summed E-state index contributed by atoms with van der Waals surface area (Å²) in [5.41, 5.74) is 5.54. The van der Waals surface area contributed by atoms with Crippen molar-refractivity contribution < 1.29 is 9.47 Å². The zero-order valence-electron chi connectivity index (χ0n) is 15.9. The summed E-state index contributed by atoms with van der Waals surface area (Å²) in [6, 6.07) is 14.1. The van der Waals surface area contributed by atoms with Crippen LogP contribution in [0.15, 0.2) is 59.0 Å². The van der Waals surface area contributed by atoms with Crippen molar-refractivity contribution >= 4 is 11.5 Å². The summed E-state index contributed by atoms with van der Waals surface area (Å²) >= 11 is 0. The second-order valence-electron chi connectivity index (χ2n) is 6.94. The smallest absolute Gasteiger partial charge is 0.160 e. The third kappa shape index (κ3) is 2.36. The normalized spacial score (nSPS) is 19.3. The van der Waals surface area contributed by atoms with Crippen molar-refractivity contribution in [3.63, 3.8) is 0 Å². The third-order valence-electron chi connectivity index (χ3n) is 5.48. The van der Waals surface area contributed by atoms with E-state index in [-0.39, 0.29) is 12.1 Å². The first kappa shape index (κ1) is 16.7. The van der Waals surface area contributed by atoms with E-state index in [2.05, 4.69) is 38.8 Å². The average molecular weight is 375 g/mol. The van der Waals surface area contributed by atoms with E-state index in [1.54, 1.807) is 14.2 Å². The maximum atomic E-state index is 5.70. The van der Waals surface area contributed by atoms with Crippen molar-refractivity contribution in [2.45, 2.75) is 12.1 Å². The minimum Gasteiger partial charge on any atom is -0.497 e. The summed E-state index contributed by atoms with van der Waals surface area (Å²) in [4.78, 5) is 3.29. The van der Waals surface area contributed by atoms with Crippen LogP contribution in [0.2, 0.25) is 0 Å². The lowest BCUT2D eigenvalue weighted by Crippen LogP contribution is -2.22. The Morgan fingerprint density at radius 1 is 1.00 bits per heavy atom. The van der Waals surface area contributed by atoms with Crippen LogP contribution in [0.3, 0.4) is 0 Å². The second kappa shape index (κ2) is 6.30. The fraction of sp³-hybridized carbons (Fsp3) is 0.238. The van der Waals surface area contributed by atoms with E-state index >= 15 is 0 Å². The Balaban J connectivity index is 1.75. The number of fused-ring (bicyclic) bond motifs is 2. The van der Waals surface area contributed by atoms with E-state index in [1.807, 2.05) is 42.5 Å². The number of H-pyrrole nitrogens is 1. The SMILES string of the molecule is COc1ccc(C2Nc3ccccc3C3c4c2c[nH]c4N=NN3C)c(OC)c1. The average Bonchev–Trinajstić information content (AvgIpc) is 3.09. The van der Waals surface area contributed by atoms with Crippen LogP contribution in [-0.2, 0) is 0 Å². The van der Waals surface area contributed by atoms with Gasteiger partial charge >= 0.3 is 0 Å². The highest BCUT2D eigenvalue weighted by Gasteiger charge is 2.37. The van der Waals surface area contributed by atoms with Gasteiger partial charge in [0, 0.05) is 47.3 Å². The van der Waals surface area contributed by atoms with Gasteiger partial charge in [0.15, 0.2) is 5.82 Å². The number of anilines is 1. The lowest BCUT2D eigenvalue weighted by molar-refractivity contribution is 0.265. The van der Waals surface area contributed by atoms with Crippen molar-refractivity contribution in [2.24, 2.45) is 10.3 Å².